The number of hydrogen-bond acceptors (Lipinski definition) is 7. The maximum Gasteiger partial charge on any atom is 0.433 e. The highest BCUT2D eigenvalue weighted by Gasteiger charge is 2.34. The number of alkyl halides is 3. The van der Waals surface area contributed by atoms with Crippen molar-refractivity contribution >= 4 is 17.3 Å². The number of nitrogens with zero attached hydrogens (tertiary/aromatic N) is 8. The van der Waals surface area contributed by atoms with Crippen molar-refractivity contribution < 1.29 is 13.2 Å². The van der Waals surface area contributed by atoms with Crippen molar-refractivity contribution in [3.05, 3.63) is 35.8 Å². The molecule has 0 radical (unpaired) electrons. The van der Waals surface area contributed by atoms with Gasteiger partial charge >= 0.3 is 6.18 Å². The lowest BCUT2D eigenvalue weighted by Crippen LogP contribution is -2.32. The molecule has 4 heterocycles. The Hall–Kier alpha value is -2.98. The molecule has 0 spiro atoms. The van der Waals surface area contributed by atoms with E-state index in [1.165, 1.54) is 6.92 Å². The second kappa shape index (κ2) is 7.45. The largest absolute Gasteiger partial charge is 0.433 e. The molecule has 0 aromatic carbocycles. The summed E-state index contributed by atoms with van der Waals surface area (Å²) < 4.78 is 41.3. The molecule has 1 aliphatic heterocycles. The highest BCUT2D eigenvalue weighted by molar-refractivity contribution is 5.64. The molecular weight excluding hydrogens is 385 g/mol. The molecule has 8 nitrogen and oxygen atoms in total. The van der Waals surface area contributed by atoms with Gasteiger partial charge in [0.2, 0.25) is 5.65 Å². The van der Waals surface area contributed by atoms with Gasteiger partial charge in [-0.15, -0.1) is 10.2 Å². The van der Waals surface area contributed by atoms with Gasteiger partial charge in [-0.1, -0.05) is 6.92 Å². The van der Waals surface area contributed by atoms with Crippen LogP contribution < -0.4 is 9.80 Å². The minimum Gasteiger partial charge on any atom is -0.355 e. The van der Waals surface area contributed by atoms with Crippen molar-refractivity contribution in [2.24, 2.45) is 0 Å². The first-order valence-corrected chi connectivity index (χ1v) is 9.48. The van der Waals surface area contributed by atoms with Gasteiger partial charge < -0.3 is 9.80 Å². The predicted octanol–water partition coefficient (Wildman–Crippen LogP) is 2.52. The molecule has 0 atom stereocenters. The number of aryl methyl sites for hydroxylation is 2. The van der Waals surface area contributed by atoms with Gasteiger partial charge in [0.1, 0.15) is 23.2 Å². The molecule has 1 saturated heterocycles. The average molecular weight is 406 g/mol. The van der Waals surface area contributed by atoms with E-state index >= 15 is 0 Å². The van der Waals surface area contributed by atoms with E-state index < -0.39 is 11.9 Å². The average Bonchev–Trinajstić information content (AvgIpc) is 2.95. The molecule has 0 bridgehead atoms. The summed E-state index contributed by atoms with van der Waals surface area (Å²) in [5.74, 6) is 2.00. The standard InChI is InChI=1S/C18H21F3N8/c1-3-14-25-26-17-16(22-5-8-29(14)17)28-7-4-6-27(9-10-28)15-11-13(18(19,20)21)23-12(2)24-15/h5,8,11H,3-4,6-7,9-10H2,1-2H3. The maximum absolute atomic E-state index is 13.1. The van der Waals surface area contributed by atoms with Crippen molar-refractivity contribution in [2.45, 2.75) is 32.9 Å². The lowest BCUT2D eigenvalue weighted by molar-refractivity contribution is -0.141. The summed E-state index contributed by atoms with van der Waals surface area (Å²) in [7, 11) is 0. The third-order valence-corrected chi connectivity index (χ3v) is 4.93. The third-order valence-electron chi connectivity index (χ3n) is 4.93. The minimum absolute atomic E-state index is 0.109. The molecule has 3 aromatic heterocycles. The molecule has 0 N–H and O–H groups in total. The zero-order chi connectivity index (χ0) is 20.6. The van der Waals surface area contributed by atoms with Gasteiger partial charge in [-0.2, -0.15) is 13.2 Å². The fourth-order valence-corrected chi connectivity index (χ4v) is 3.54. The zero-order valence-electron chi connectivity index (χ0n) is 16.2. The van der Waals surface area contributed by atoms with Crippen LogP contribution in [0.5, 0.6) is 0 Å². The molecule has 4 rings (SSSR count). The van der Waals surface area contributed by atoms with Crippen LogP contribution >= 0.6 is 0 Å². The Morgan fingerprint density at radius 1 is 1.03 bits per heavy atom. The van der Waals surface area contributed by atoms with Crippen LogP contribution in [-0.2, 0) is 12.6 Å². The van der Waals surface area contributed by atoms with Crippen molar-refractivity contribution in [1.29, 1.82) is 0 Å². The van der Waals surface area contributed by atoms with Crippen LogP contribution in [0, 0.1) is 6.92 Å². The van der Waals surface area contributed by atoms with E-state index in [9.17, 15) is 13.2 Å². The molecule has 0 amide bonds. The summed E-state index contributed by atoms with van der Waals surface area (Å²) in [4.78, 5) is 16.2. The minimum atomic E-state index is -4.50. The lowest BCUT2D eigenvalue weighted by atomic mass is 10.3. The van der Waals surface area contributed by atoms with Gasteiger partial charge in [0.15, 0.2) is 5.82 Å². The molecule has 29 heavy (non-hydrogen) atoms. The van der Waals surface area contributed by atoms with E-state index in [0.717, 1.165) is 30.6 Å². The van der Waals surface area contributed by atoms with E-state index in [4.69, 9.17) is 0 Å². The van der Waals surface area contributed by atoms with Crippen LogP contribution in [0.3, 0.4) is 0 Å². The molecule has 0 saturated carbocycles. The Morgan fingerprint density at radius 3 is 2.55 bits per heavy atom. The Morgan fingerprint density at radius 2 is 1.79 bits per heavy atom. The van der Waals surface area contributed by atoms with Gasteiger partial charge in [0, 0.05) is 51.1 Å². The summed E-state index contributed by atoms with van der Waals surface area (Å²) in [6, 6.07) is 1.02. The first kappa shape index (κ1) is 19.3. The van der Waals surface area contributed by atoms with E-state index in [1.54, 1.807) is 6.20 Å². The lowest BCUT2D eigenvalue weighted by Gasteiger charge is -2.24. The van der Waals surface area contributed by atoms with Gasteiger partial charge in [0.25, 0.3) is 0 Å². The van der Waals surface area contributed by atoms with Crippen LogP contribution in [0.2, 0.25) is 0 Å². The normalized spacial score (nSPS) is 15.8. The van der Waals surface area contributed by atoms with E-state index in [1.807, 2.05) is 22.4 Å². The van der Waals surface area contributed by atoms with Crippen LogP contribution in [-0.4, -0.2) is 55.7 Å². The topological polar surface area (TPSA) is 75.3 Å². The number of fused-ring (bicyclic) bond motifs is 1. The Balaban J connectivity index is 1.58. The zero-order valence-corrected chi connectivity index (χ0v) is 16.2. The molecule has 0 aliphatic carbocycles. The van der Waals surface area contributed by atoms with Crippen LogP contribution in [0.4, 0.5) is 24.8 Å². The molecule has 1 aliphatic rings. The number of halogens is 3. The first-order chi connectivity index (χ1) is 13.9. The summed E-state index contributed by atoms with van der Waals surface area (Å²) in [5.41, 5.74) is -0.224. The second-order valence-corrected chi connectivity index (χ2v) is 6.90. The fraction of sp³-hybridized carbons (Fsp3) is 0.500. The molecular formula is C18H21F3N8. The smallest absolute Gasteiger partial charge is 0.355 e. The van der Waals surface area contributed by atoms with E-state index in [-0.39, 0.29) is 5.82 Å². The van der Waals surface area contributed by atoms with Crippen molar-refractivity contribution in [3.8, 4) is 0 Å². The molecule has 3 aromatic rings. The SMILES string of the molecule is CCc1nnc2c(N3CCCN(c4cc(C(F)(F)F)nc(C)n4)CC3)nccn12. The maximum atomic E-state index is 13.1. The van der Waals surface area contributed by atoms with Gasteiger partial charge in [-0.05, 0) is 13.3 Å². The monoisotopic (exact) mass is 406 g/mol. The number of anilines is 2. The van der Waals surface area contributed by atoms with Crippen molar-refractivity contribution in [3.63, 3.8) is 0 Å². The first-order valence-electron chi connectivity index (χ1n) is 9.48. The number of hydrogen-bond donors (Lipinski definition) is 0. The van der Waals surface area contributed by atoms with Crippen LogP contribution in [0.25, 0.3) is 5.65 Å². The molecule has 0 unspecified atom stereocenters. The highest BCUT2D eigenvalue weighted by Crippen LogP contribution is 2.30. The Bertz CT molecular complexity index is 1020. The Kier molecular flexibility index (Phi) is 4.97. The highest BCUT2D eigenvalue weighted by atomic mass is 19.4. The molecule has 1 fully saturated rings. The summed E-state index contributed by atoms with van der Waals surface area (Å²) in [6.07, 6.45) is 0.570. The summed E-state index contributed by atoms with van der Waals surface area (Å²) >= 11 is 0. The Labute approximate surface area is 165 Å². The van der Waals surface area contributed by atoms with E-state index in [0.29, 0.717) is 37.6 Å². The predicted molar refractivity (Wildman–Crippen MR) is 101 cm³/mol. The van der Waals surface area contributed by atoms with E-state index in [2.05, 4.69) is 30.0 Å². The fourth-order valence-electron chi connectivity index (χ4n) is 3.54. The van der Waals surface area contributed by atoms with Gasteiger partial charge in [0.05, 0.1) is 0 Å². The van der Waals surface area contributed by atoms with Crippen molar-refractivity contribution in [1.82, 2.24) is 29.5 Å². The van der Waals surface area contributed by atoms with Gasteiger partial charge in [-0.25, -0.2) is 15.0 Å². The molecule has 154 valence electrons. The van der Waals surface area contributed by atoms with Crippen LogP contribution in [0.15, 0.2) is 18.5 Å². The van der Waals surface area contributed by atoms with Crippen molar-refractivity contribution in [2.75, 3.05) is 36.0 Å². The quantitative estimate of drug-likeness (QED) is 0.662. The molecule has 11 heteroatoms. The number of rotatable bonds is 3. The summed E-state index contributed by atoms with van der Waals surface area (Å²) in [6.45, 7) is 5.91. The summed E-state index contributed by atoms with van der Waals surface area (Å²) in [5, 5.41) is 8.48. The number of aromatic nitrogens is 6. The van der Waals surface area contributed by atoms with Gasteiger partial charge in [-0.3, -0.25) is 4.40 Å². The van der Waals surface area contributed by atoms with Crippen LogP contribution in [0.1, 0.15) is 30.7 Å². The third kappa shape index (κ3) is 3.81. The second-order valence-electron chi connectivity index (χ2n) is 6.90.